The Morgan fingerprint density at radius 1 is 1.30 bits per heavy atom. The van der Waals surface area contributed by atoms with E-state index in [-0.39, 0.29) is 18.0 Å². The Bertz CT molecular complexity index is 575. The van der Waals surface area contributed by atoms with Gasteiger partial charge in [-0.05, 0) is 6.07 Å². The van der Waals surface area contributed by atoms with Gasteiger partial charge in [-0.25, -0.2) is 13.1 Å². The van der Waals surface area contributed by atoms with Crippen LogP contribution in [-0.2, 0) is 10.0 Å². The number of nitro benzene ring substituents is 1. The van der Waals surface area contributed by atoms with Crippen LogP contribution in [0.3, 0.4) is 0 Å². The molecule has 112 valence electrons. The Morgan fingerprint density at radius 3 is 2.50 bits per heavy atom. The lowest BCUT2D eigenvalue weighted by Gasteiger charge is -2.09. The van der Waals surface area contributed by atoms with Crippen LogP contribution in [0.4, 0.5) is 17.1 Å². The molecule has 0 aliphatic carbocycles. The fraction of sp³-hybridized carbons (Fsp3) is 0.400. The molecule has 1 aromatic rings. The zero-order valence-electron chi connectivity index (χ0n) is 10.9. The molecule has 9 nitrogen and oxygen atoms in total. The summed E-state index contributed by atoms with van der Waals surface area (Å²) in [7, 11) is -3.33. The van der Waals surface area contributed by atoms with Gasteiger partial charge in [-0.2, -0.15) is 0 Å². The van der Waals surface area contributed by atoms with Gasteiger partial charge < -0.3 is 10.7 Å². The molecule has 0 amide bonds. The highest BCUT2D eigenvalue weighted by Gasteiger charge is 2.11. The number of benzene rings is 1. The van der Waals surface area contributed by atoms with Gasteiger partial charge in [-0.1, -0.05) is 6.92 Å². The van der Waals surface area contributed by atoms with Crippen LogP contribution >= 0.6 is 0 Å². The van der Waals surface area contributed by atoms with Gasteiger partial charge in [-0.15, -0.1) is 0 Å². The van der Waals surface area contributed by atoms with E-state index in [1.165, 1.54) is 12.1 Å². The predicted octanol–water partition coefficient (Wildman–Crippen LogP) is 0.232. The number of nitro groups is 1. The maximum absolute atomic E-state index is 11.4. The lowest BCUT2D eigenvalue weighted by molar-refractivity contribution is -0.384. The molecule has 0 radical (unpaired) electrons. The minimum atomic E-state index is -3.33. The summed E-state index contributed by atoms with van der Waals surface area (Å²) in [6.07, 6.45) is 0. The first-order chi connectivity index (χ1) is 9.38. The second-order valence-electron chi connectivity index (χ2n) is 3.91. The molecule has 0 aliphatic rings. The van der Waals surface area contributed by atoms with Crippen molar-refractivity contribution >= 4 is 27.1 Å². The van der Waals surface area contributed by atoms with Crippen LogP contribution in [0, 0.1) is 10.1 Å². The number of hydrogen-bond acceptors (Lipinski definition) is 7. The van der Waals surface area contributed by atoms with Gasteiger partial charge in [0.05, 0.1) is 16.4 Å². The molecular weight excluding hydrogens is 286 g/mol. The van der Waals surface area contributed by atoms with E-state index in [0.29, 0.717) is 17.9 Å². The standard InChI is InChI=1S/C10H17N5O4S/c1-2-13-20(18,19)4-3-12-8-5-9(14-11)7-10(6-8)15(16)17/h5-7,12-14H,2-4,11H2,1H3. The van der Waals surface area contributed by atoms with Gasteiger partial charge in [0.25, 0.3) is 5.69 Å². The number of sulfonamides is 1. The number of non-ortho nitro benzene ring substituents is 1. The molecule has 0 unspecified atom stereocenters. The van der Waals surface area contributed by atoms with E-state index in [4.69, 9.17) is 5.84 Å². The molecular formula is C10H17N5O4S. The Labute approximate surface area is 116 Å². The van der Waals surface area contributed by atoms with Crippen molar-refractivity contribution in [1.29, 1.82) is 0 Å². The Morgan fingerprint density at radius 2 is 1.95 bits per heavy atom. The number of nitrogens with two attached hydrogens (primary N) is 1. The molecule has 0 spiro atoms. The van der Waals surface area contributed by atoms with E-state index in [2.05, 4.69) is 15.5 Å². The highest BCUT2D eigenvalue weighted by Crippen LogP contribution is 2.23. The maximum atomic E-state index is 11.4. The van der Waals surface area contributed by atoms with Crippen molar-refractivity contribution in [2.24, 2.45) is 5.84 Å². The first-order valence-electron chi connectivity index (χ1n) is 5.85. The average Bonchev–Trinajstić information content (AvgIpc) is 2.37. The van der Waals surface area contributed by atoms with Crippen molar-refractivity contribution in [3.05, 3.63) is 28.3 Å². The molecule has 10 heteroatoms. The van der Waals surface area contributed by atoms with Gasteiger partial charge in [-0.3, -0.25) is 16.0 Å². The maximum Gasteiger partial charge on any atom is 0.273 e. The van der Waals surface area contributed by atoms with Gasteiger partial charge in [0.15, 0.2) is 0 Å². The zero-order chi connectivity index (χ0) is 15.2. The largest absolute Gasteiger partial charge is 0.384 e. The first kappa shape index (κ1) is 16.1. The number of nitrogen functional groups attached to an aromatic ring is 1. The zero-order valence-corrected chi connectivity index (χ0v) is 11.7. The molecule has 0 heterocycles. The summed E-state index contributed by atoms with van der Waals surface area (Å²) in [6.45, 7) is 2.13. The Balaban J connectivity index is 2.73. The molecule has 0 saturated carbocycles. The fourth-order valence-electron chi connectivity index (χ4n) is 1.52. The third-order valence-electron chi connectivity index (χ3n) is 2.36. The number of rotatable bonds is 8. The monoisotopic (exact) mass is 303 g/mol. The topological polar surface area (TPSA) is 139 Å². The molecule has 1 rings (SSSR count). The summed E-state index contributed by atoms with van der Waals surface area (Å²) < 4.78 is 25.2. The number of anilines is 2. The summed E-state index contributed by atoms with van der Waals surface area (Å²) >= 11 is 0. The second kappa shape index (κ2) is 7.03. The van der Waals surface area contributed by atoms with Crippen molar-refractivity contribution in [3.63, 3.8) is 0 Å². The van der Waals surface area contributed by atoms with Crippen LogP contribution in [0.15, 0.2) is 18.2 Å². The summed E-state index contributed by atoms with van der Waals surface area (Å²) in [6, 6.07) is 4.13. The highest BCUT2D eigenvalue weighted by atomic mass is 32.2. The van der Waals surface area contributed by atoms with Gasteiger partial charge in [0.1, 0.15) is 0 Å². The summed E-state index contributed by atoms with van der Waals surface area (Å²) in [5.41, 5.74) is 2.95. The van der Waals surface area contributed by atoms with Crippen molar-refractivity contribution < 1.29 is 13.3 Å². The summed E-state index contributed by atoms with van der Waals surface area (Å²) in [4.78, 5) is 10.2. The number of nitrogens with one attached hydrogen (secondary N) is 3. The lowest BCUT2D eigenvalue weighted by atomic mass is 10.2. The van der Waals surface area contributed by atoms with E-state index in [9.17, 15) is 18.5 Å². The van der Waals surface area contributed by atoms with Crippen LogP contribution in [0.5, 0.6) is 0 Å². The van der Waals surface area contributed by atoms with E-state index >= 15 is 0 Å². The second-order valence-corrected chi connectivity index (χ2v) is 5.84. The SMILES string of the molecule is CCNS(=O)(=O)CCNc1cc(NN)cc([N+](=O)[O-])c1. The summed E-state index contributed by atoms with van der Waals surface area (Å²) in [5.74, 6) is 5.09. The molecule has 0 atom stereocenters. The van der Waals surface area contributed by atoms with Gasteiger partial charge >= 0.3 is 0 Å². The van der Waals surface area contributed by atoms with E-state index < -0.39 is 14.9 Å². The number of hydrazine groups is 1. The molecule has 20 heavy (non-hydrogen) atoms. The van der Waals surface area contributed by atoms with E-state index in [0.717, 1.165) is 0 Å². The molecule has 5 N–H and O–H groups in total. The van der Waals surface area contributed by atoms with Crippen LogP contribution in [0.1, 0.15) is 6.92 Å². The lowest BCUT2D eigenvalue weighted by Crippen LogP contribution is -2.29. The van der Waals surface area contributed by atoms with Gasteiger partial charge in [0, 0.05) is 30.9 Å². The molecule has 0 fully saturated rings. The minimum Gasteiger partial charge on any atom is -0.384 e. The predicted molar refractivity (Wildman–Crippen MR) is 76.9 cm³/mol. The molecule has 0 aliphatic heterocycles. The Hall–Kier alpha value is -1.91. The summed E-state index contributed by atoms with van der Waals surface area (Å²) in [5, 5.41) is 13.6. The normalized spacial score (nSPS) is 11.1. The van der Waals surface area contributed by atoms with Crippen molar-refractivity contribution in [1.82, 2.24) is 4.72 Å². The Kier molecular flexibility index (Phi) is 5.67. The van der Waals surface area contributed by atoms with Crippen LogP contribution in [0.25, 0.3) is 0 Å². The third-order valence-corrected chi connectivity index (χ3v) is 3.83. The van der Waals surface area contributed by atoms with Crippen molar-refractivity contribution in [2.45, 2.75) is 6.92 Å². The van der Waals surface area contributed by atoms with Crippen molar-refractivity contribution in [2.75, 3.05) is 29.6 Å². The average molecular weight is 303 g/mol. The fourth-order valence-corrected chi connectivity index (χ4v) is 2.48. The molecule has 1 aromatic carbocycles. The van der Waals surface area contributed by atoms with Crippen LogP contribution < -0.4 is 21.3 Å². The first-order valence-corrected chi connectivity index (χ1v) is 7.50. The molecule has 0 saturated heterocycles. The van der Waals surface area contributed by atoms with Gasteiger partial charge in [0.2, 0.25) is 10.0 Å². The molecule has 0 bridgehead atoms. The van der Waals surface area contributed by atoms with E-state index in [1.807, 2.05) is 0 Å². The van der Waals surface area contributed by atoms with Crippen LogP contribution in [-0.4, -0.2) is 32.2 Å². The van der Waals surface area contributed by atoms with Crippen LogP contribution in [0.2, 0.25) is 0 Å². The van der Waals surface area contributed by atoms with Crippen molar-refractivity contribution in [3.8, 4) is 0 Å². The smallest absolute Gasteiger partial charge is 0.273 e. The quantitative estimate of drug-likeness (QED) is 0.306. The number of hydrogen-bond donors (Lipinski definition) is 4. The molecule has 0 aromatic heterocycles. The minimum absolute atomic E-state index is 0.126. The third kappa shape index (κ3) is 4.99. The number of nitrogens with zero attached hydrogens (tertiary/aromatic N) is 1. The van der Waals surface area contributed by atoms with E-state index in [1.54, 1.807) is 13.0 Å². The highest BCUT2D eigenvalue weighted by molar-refractivity contribution is 7.89.